The number of cyclic esters (lactones) is 1. The van der Waals surface area contributed by atoms with Crippen molar-refractivity contribution in [1.29, 1.82) is 0 Å². The summed E-state index contributed by atoms with van der Waals surface area (Å²) in [5.74, 6) is -0.185. The quantitative estimate of drug-likeness (QED) is 0.791. The number of carbonyl (C=O) groups is 1. The van der Waals surface area contributed by atoms with Gasteiger partial charge in [-0.25, -0.2) is 4.79 Å². The van der Waals surface area contributed by atoms with Gasteiger partial charge in [-0.15, -0.1) is 0 Å². The Hall–Kier alpha value is -2.13. The van der Waals surface area contributed by atoms with Crippen LogP contribution in [0.1, 0.15) is 30.2 Å². The van der Waals surface area contributed by atoms with Crippen LogP contribution in [0.2, 0.25) is 0 Å². The largest absolute Gasteiger partial charge is 0.454 e. The van der Waals surface area contributed by atoms with Gasteiger partial charge in [0.15, 0.2) is 0 Å². The number of benzene rings is 2. The van der Waals surface area contributed by atoms with E-state index in [1.54, 1.807) is 0 Å². The second kappa shape index (κ2) is 5.70. The summed E-state index contributed by atoms with van der Waals surface area (Å²) in [5, 5.41) is 0. The van der Waals surface area contributed by atoms with Gasteiger partial charge in [-0.3, -0.25) is 4.90 Å². The Balaban J connectivity index is 1.90. The first kappa shape index (κ1) is 13.8. The average Bonchev–Trinajstić information content (AvgIpc) is 2.53. The van der Waals surface area contributed by atoms with Crippen LogP contribution < -0.4 is 0 Å². The Labute approximate surface area is 125 Å². The first-order valence-electron chi connectivity index (χ1n) is 7.21. The highest BCUT2D eigenvalue weighted by atomic mass is 16.5. The monoisotopic (exact) mass is 281 g/mol. The molecule has 1 saturated heterocycles. The second-order valence-corrected chi connectivity index (χ2v) is 5.49. The first-order chi connectivity index (χ1) is 10.2. The van der Waals surface area contributed by atoms with Gasteiger partial charge in [0, 0.05) is 6.04 Å². The second-order valence-electron chi connectivity index (χ2n) is 5.49. The predicted molar refractivity (Wildman–Crippen MR) is 81.7 cm³/mol. The van der Waals surface area contributed by atoms with Crippen LogP contribution >= 0.6 is 0 Å². The molecule has 1 fully saturated rings. The van der Waals surface area contributed by atoms with Gasteiger partial charge in [0.05, 0.1) is 0 Å². The highest BCUT2D eigenvalue weighted by molar-refractivity contribution is 5.78. The number of hydrogen-bond donors (Lipinski definition) is 0. The zero-order valence-electron chi connectivity index (χ0n) is 12.3. The van der Waals surface area contributed by atoms with Crippen molar-refractivity contribution in [3.8, 4) is 0 Å². The summed E-state index contributed by atoms with van der Waals surface area (Å²) in [4.78, 5) is 14.6. The maximum atomic E-state index is 12.5. The number of nitrogens with zero attached hydrogens (tertiary/aromatic N) is 1. The molecule has 1 aliphatic rings. The van der Waals surface area contributed by atoms with Crippen LogP contribution in [0, 0.1) is 0 Å². The molecular formula is C18H19NO2. The molecule has 1 aliphatic heterocycles. The Bertz CT molecular complexity index is 612. The van der Waals surface area contributed by atoms with E-state index in [1.807, 2.05) is 67.7 Å². The summed E-state index contributed by atoms with van der Waals surface area (Å²) >= 11 is 0. The van der Waals surface area contributed by atoms with Crippen molar-refractivity contribution >= 4 is 5.97 Å². The standard InChI is InChI=1S/C18H19NO2/c1-13-17(15-11-7-4-8-12-15)21-18(20)16(19(13)2)14-9-5-3-6-10-14/h3-13,16-17H,1-2H3/t13-,16+,17-/m0/s1. The smallest absolute Gasteiger partial charge is 0.328 e. The van der Waals surface area contributed by atoms with Crippen LogP contribution in [0.3, 0.4) is 0 Å². The summed E-state index contributed by atoms with van der Waals surface area (Å²) in [6.07, 6.45) is -0.219. The molecule has 0 bridgehead atoms. The molecule has 3 atom stereocenters. The fraction of sp³-hybridized carbons (Fsp3) is 0.278. The third-order valence-electron chi connectivity index (χ3n) is 4.20. The van der Waals surface area contributed by atoms with Crippen LogP contribution in [0.25, 0.3) is 0 Å². The van der Waals surface area contributed by atoms with Gasteiger partial charge in [-0.05, 0) is 25.1 Å². The van der Waals surface area contributed by atoms with Crippen molar-refractivity contribution in [2.45, 2.75) is 25.1 Å². The highest BCUT2D eigenvalue weighted by Gasteiger charge is 2.40. The molecule has 0 unspecified atom stereocenters. The van der Waals surface area contributed by atoms with Crippen molar-refractivity contribution in [2.24, 2.45) is 0 Å². The Morgan fingerprint density at radius 1 is 0.905 bits per heavy atom. The van der Waals surface area contributed by atoms with Gasteiger partial charge in [-0.2, -0.15) is 0 Å². The maximum Gasteiger partial charge on any atom is 0.328 e. The minimum atomic E-state index is -0.332. The Morgan fingerprint density at radius 2 is 1.43 bits per heavy atom. The van der Waals surface area contributed by atoms with E-state index in [4.69, 9.17) is 4.74 Å². The number of esters is 1. The van der Waals surface area contributed by atoms with E-state index in [2.05, 4.69) is 11.8 Å². The third-order valence-corrected chi connectivity index (χ3v) is 4.20. The number of morpholine rings is 1. The van der Waals surface area contributed by atoms with Gasteiger partial charge >= 0.3 is 5.97 Å². The van der Waals surface area contributed by atoms with Gasteiger partial charge in [0.2, 0.25) is 0 Å². The molecule has 21 heavy (non-hydrogen) atoms. The van der Waals surface area contributed by atoms with E-state index in [1.165, 1.54) is 0 Å². The number of likely N-dealkylation sites (N-methyl/N-ethyl adjacent to an activating group) is 1. The summed E-state index contributed by atoms with van der Waals surface area (Å²) in [6.45, 7) is 2.10. The molecule has 0 spiro atoms. The summed E-state index contributed by atoms with van der Waals surface area (Å²) in [6, 6.07) is 19.5. The minimum absolute atomic E-state index is 0.121. The van der Waals surface area contributed by atoms with E-state index in [-0.39, 0.29) is 24.2 Å². The predicted octanol–water partition coefficient (Wildman–Crippen LogP) is 3.35. The molecule has 0 aromatic heterocycles. The lowest BCUT2D eigenvalue weighted by Crippen LogP contribution is -2.47. The van der Waals surface area contributed by atoms with E-state index in [9.17, 15) is 4.79 Å². The molecule has 3 nitrogen and oxygen atoms in total. The lowest BCUT2D eigenvalue weighted by atomic mass is 9.96. The summed E-state index contributed by atoms with van der Waals surface area (Å²) in [7, 11) is 1.98. The lowest BCUT2D eigenvalue weighted by Gasteiger charge is -2.41. The highest BCUT2D eigenvalue weighted by Crippen LogP contribution is 2.36. The number of ether oxygens (including phenoxy) is 1. The van der Waals surface area contributed by atoms with E-state index < -0.39 is 0 Å². The first-order valence-corrected chi connectivity index (χ1v) is 7.21. The van der Waals surface area contributed by atoms with E-state index in [0.717, 1.165) is 11.1 Å². The van der Waals surface area contributed by atoms with Crippen LogP contribution in [-0.4, -0.2) is 24.0 Å². The molecule has 0 aliphatic carbocycles. The SMILES string of the molecule is C[C@H]1[C@@H](c2ccccc2)OC(=O)[C@@H](c2ccccc2)N1C. The van der Waals surface area contributed by atoms with Crippen LogP contribution in [0.5, 0.6) is 0 Å². The molecule has 0 radical (unpaired) electrons. The summed E-state index contributed by atoms with van der Waals surface area (Å²) < 4.78 is 5.74. The van der Waals surface area contributed by atoms with Gasteiger partial charge < -0.3 is 4.74 Å². The zero-order valence-corrected chi connectivity index (χ0v) is 12.3. The molecule has 0 amide bonds. The number of rotatable bonds is 2. The van der Waals surface area contributed by atoms with Crippen molar-refractivity contribution in [3.05, 3.63) is 71.8 Å². The average molecular weight is 281 g/mol. The van der Waals surface area contributed by atoms with Crippen molar-refractivity contribution in [2.75, 3.05) is 7.05 Å². The third kappa shape index (κ3) is 2.57. The maximum absolute atomic E-state index is 12.5. The number of hydrogen-bond acceptors (Lipinski definition) is 3. The van der Waals surface area contributed by atoms with E-state index in [0.29, 0.717) is 0 Å². The Kier molecular flexibility index (Phi) is 3.76. The molecule has 1 heterocycles. The molecule has 108 valence electrons. The van der Waals surface area contributed by atoms with Gasteiger partial charge in [-0.1, -0.05) is 60.7 Å². The van der Waals surface area contributed by atoms with Crippen LogP contribution in [0.4, 0.5) is 0 Å². The molecule has 2 aromatic rings. The fourth-order valence-corrected chi connectivity index (χ4v) is 2.90. The molecule has 3 heteroatoms. The molecule has 2 aromatic carbocycles. The zero-order chi connectivity index (χ0) is 14.8. The Morgan fingerprint density at radius 3 is 2.00 bits per heavy atom. The lowest BCUT2D eigenvalue weighted by molar-refractivity contribution is -0.172. The number of carbonyl (C=O) groups excluding carboxylic acids is 1. The van der Waals surface area contributed by atoms with Crippen LogP contribution in [-0.2, 0) is 9.53 Å². The minimum Gasteiger partial charge on any atom is -0.454 e. The molecular weight excluding hydrogens is 262 g/mol. The fourth-order valence-electron chi connectivity index (χ4n) is 2.90. The van der Waals surface area contributed by atoms with Crippen molar-refractivity contribution in [3.63, 3.8) is 0 Å². The summed E-state index contributed by atoms with van der Waals surface area (Å²) in [5.41, 5.74) is 2.01. The van der Waals surface area contributed by atoms with E-state index >= 15 is 0 Å². The topological polar surface area (TPSA) is 29.5 Å². The molecule has 0 saturated carbocycles. The van der Waals surface area contributed by atoms with Gasteiger partial charge in [0.25, 0.3) is 0 Å². The molecule has 0 N–H and O–H groups in total. The molecule has 3 rings (SSSR count). The van der Waals surface area contributed by atoms with Gasteiger partial charge in [0.1, 0.15) is 12.1 Å². The van der Waals surface area contributed by atoms with Crippen molar-refractivity contribution in [1.82, 2.24) is 4.90 Å². The van der Waals surface area contributed by atoms with Crippen molar-refractivity contribution < 1.29 is 9.53 Å². The normalized spacial score (nSPS) is 26.4. The van der Waals surface area contributed by atoms with Crippen LogP contribution in [0.15, 0.2) is 60.7 Å².